The van der Waals surface area contributed by atoms with Gasteiger partial charge in [-0.25, -0.2) is 0 Å². The fourth-order valence-electron chi connectivity index (χ4n) is 1.85. The molecule has 0 heterocycles. The van der Waals surface area contributed by atoms with Crippen molar-refractivity contribution in [1.82, 2.24) is 0 Å². The Morgan fingerprint density at radius 3 is 1.95 bits per heavy atom. The van der Waals surface area contributed by atoms with Crippen molar-refractivity contribution in [3.63, 3.8) is 0 Å². The van der Waals surface area contributed by atoms with Crippen LogP contribution in [-0.2, 0) is 10.3 Å². The number of halogens is 4. The van der Waals surface area contributed by atoms with Crippen LogP contribution in [0.2, 0.25) is 0 Å². The van der Waals surface area contributed by atoms with Gasteiger partial charge in [0.2, 0.25) is 0 Å². The maximum atomic E-state index is 12.7. The van der Waals surface area contributed by atoms with Crippen molar-refractivity contribution in [3.05, 3.63) is 35.4 Å². The predicted molar refractivity (Wildman–Crippen MR) is 78.3 cm³/mol. The summed E-state index contributed by atoms with van der Waals surface area (Å²) >= 11 is 3.26. The largest absolute Gasteiger partial charge is 0.414 e. The number of benzene rings is 1. The molecule has 2 unspecified atom stereocenters. The molecule has 0 amide bonds. The lowest BCUT2D eigenvalue weighted by Crippen LogP contribution is -2.39. The second kappa shape index (κ2) is 6.48. The average molecular weight is 353 g/mol. The van der Waals surface area contributed by atoms with E-state index in [0.717, 1.165) is 18.1 Å². The quantitative estimate of drug-likeness (QED) is 0.645. The van der Waals surface area contributed by atoms with Crippen LogP contribution in [0.1, 0.15) is 44.7 Å². The number of hydrogen-bond donors (Lipinski definition) is 0. The number of hydrogen-bond acceptors (Lipinski definition) is 1. The standard InChI is InChI=1S/C15H20BrF3O/c1-10(2)12-5-7-13(8-6-12)14(4,9-16)20-11(3)15(17,18)19/h5-8,10-11H,9H2,1-4H3. The highest BCUT2D eigenvalue weighted by atomic mass is 79.9. The molecule has 5 heteroatoms. The van der Waals surface area contributed by atoms with Gasteiger partial charge < -0.3 is 4.74 Å². The van der Waals surface area contributed by atoms with Gasteiger partial charge in [0.15, 0.2) is 6.10 Å². The topological polar surface area (TPSA) is 9.23 Å². The van der Waals surface area contributed by atoms with Gasteiger partial charge in [-0.2, -0.15) is 13.2 Å². The van der Waals surface area contributed by atoms with E-state index in [-0.39, 0.29) is 0 Å². The van der Waals surface area contributed by atoms with Gasteiger partial charge in [-0.3, -0.25) is 0 Å². The van der Waals surface area contributed by atoms with Gasteiger partial charge in [-0.05, 0) is 30.9 Å². The second-order valence-corrected chi connectivity index (χ2v) is 6.00. The highest BCUT2D eigenvalue weighted by Crippen LogP contribution is 2.34. The van der Waals surface area contributed by atoms with Crippen LogP contribution in [0.4, 0.5) is 13.2 Å². The molecule has 1 aromatic carbocycles. The van der Waals surface area contributed by atoms with E-state index in [0.29, 0.717) is 11.2 Å². The van der Waals surface area contributed by atoms with Gasteiger partial charge in [0, 0.05) is 5.33 Å². The Hall–Kier alpha value is -0.550. The molecule has 1 aromatic rings. The molecule has 0 saturated heterocycles. The molecule has 1 nitrogen and oxygen atoms in total. The summed E-state index contributed by atoms with van der Waals surface area (Å²) in [6, 6.07) is 7.53. The van der Waals surface area contributed by atoms with E-state index >= 15 is 0 Å². The number of ether oxygens (including phenoxy) is 1. The van der Waals surface area contributed by atoms with Crippen LogP contribution in [0.15, 0.2) is 24.3 Å². The fraction of sp³-hybridized carbons (Fsp3) is 0.600. The van der Waals surface area contributed by atoms with Crippen molar-refractivity contribution in [1.29, 1.82) is 0 Å². The van der Waals surface area contributed by atoms with Crippen molar-refractivity contribution < 1.29 is 17.9 Å². The summed E-state index contributed by atoms with van der Waals surface area (Å²) in [6.07, 6.45) is -6.17. The first kappa shape index (κ1) is 17.5. The lowest BCUT2D eigenvalue weighted by Gasteiger charge is -2.32. The third kappa shape index (κ3) is 4.22. The molecule has 0 aliphatic carbocycles. The van der Waals surface area contributed by atoms with Gasteiger partial charge >= 0.3 is 6.18 Å². The molecule has 0 radical (unpaired) electrons. The Labute approximate surface area is 126 Å². The minimum absolute atomic E-state index is 0.293. The molecule has 2 atom stereocenters. The zero-order valence-corrected chi connectivity index (χ0v) is 13.7. The summed E-state index contributed by atoms with van der Waals surface area (Å²) in [7, 11) is 0. The summed E-state index contributed by atoms with van der Waals surface area (Å²) in [5.41, 5.74) is 0.870. The van der Waals surface area contributed by atoms with Crippen LogP contribution in [0.3, 0.4) is 0 Å². The molecule has 0 aliphatic heterocycles. The monoisotopic (exact) mass is 352 g/mol. The first-order valence-corrected chi connectivity index (χ1v) is 7.63. The Kier molecular flexibility index (Phi) is 5.67. The Balaban J connectivity index is 2.98. The maximum absolute atomic E-state index is 12.7. The van der Waals surface area contributed by atoms with E-state index in [4.69, 9.17) is 4.74 Å². The SMILES string of the molecule is CC(C)c1ccc(C(C)(CBr)OC(C)C(F)(F)F)cc1. The molecule has 20 heavy (non-hydrogen) atoms. The van der Waals surface area contributed by atoms with E-state index in [9.17, 15) is 13.2 Å². The fourth-order valence-corrected chi connectivity index (χ4v) is 2.31. The second-order valence-electron chi connectivity index (χ2n) is 5.44. The molecule has 0 aromatic heterocycles. The van der Waals surface area contributed by atoms with E-state index in [2.05, 4.69) is 29.8 Å². The molecule has 0 spiro atoms. The summed E-state index contributed by atoms with van der Waals surface area (Å²) in [5.74, 6) is 0.384. The maximum Gasteiger partial charge on any atom is 0.414 e. The molecule has 0 saturated carbocycles. The van der Waals surface area contributed by atoms with Gasteiger partial charge in [0.25, 0.3) is 0 Å². The smallest absolute Gasteiger partial charge is 0.357 e. The lowest BCUT2D eigenvalue weighted by molar-refractivity contribution is -0.243. The van der Waals surface area contributed by atoms with Crippen molar-refractivity contribution in [2.75, 3.05) is 5.33 Å². The molecular weight excluding hydrogens is 333 g/mol. The Bertz CT molecular complexity index is 428. The first-order chi connectivity index (χ1) is 9.10. The highest BCUT2D eigenvalue weighted by Gasteiger charge is 2.42. The minimum Gasteiger partial charge on any atom is -0.357 e. The van der Waals surface area contributed by atoms with E-state index < -0.39 is 17.9 Å². The Morgan fingerprint density at radius 1 is 1.10 bits per heavy atom. The van der Waals surface area contributed by atoms with E-state index in [1.54, 1.807) is 6.92 Å². The minimum atomic E-state index is -4.36. The molecule has 0 bridgehead atoms. The summed E-state index contributed by atoms with van der Waals surface area (Å²) < 4.78 is 43.2. The molecular formula is C15H20BrF3O. The summed E-state index contributed by atoms with van der Waals surface area (Å²) in [4.78, 5) is 0. The molecule has 1 rings (SSSR count). The van der Waals surface area contributed by atoms with Crippen molar-refractivity contribution >= 4 is 15.9 Å². The van der Waals surface area contributed by atoms with Crippen molar-refractivity contribution in [3.8, 4) is 0 Å². The Morgan fingerprint density at radius 2 is 1.60 bits per heavy atom. The van der Waals surface area contributed by atoms with Gasteiger partial charge in [0.05, 0.1) is 0 Å². The predicted octanol–water partition coefficient (Wildman–Crippen LogP) is 5.39. The highest BCUT2D eigenvalue weighted by molar-refractivity contribution is 9.09. The van der Waals surface area contributed by atoms with Gasteiger partial charge in [-0.15, -0.1) is 0 Å². The summed E-state index contributed by atoms with van der Waals surface area (Å²) in [6.45, 7) is 6.83. The molecule has 114 valence electrons. The molecule has 0 aliphatic rings. The van der Waals surface area contributed by atoms with E-state index in [1.807, 2.05) is 24.3 Å². The van der Waals surface area contributed by atoms with Crippen molar-refractivity contribution in [2.45, 2.75) is 51.5 Å². The van der Waals surface area contributed by atoms with Crippen LogP contribution >= 0.6 is 15.9 Å². The third-order valence-corrected chi connectivity index (χ3v) is 4.41. The zero-order chi connectivity index (χ0) is 15.6. The number of alkyl halides is 4. The molecule has 0 fully saturated rings. The summed E-state index contributed by atoms with van der Waals surface area (Å²) in [5, 5.41) is 0.293. The van der Waals surface area contributed by atoms with E-state index in [1.165, 1.54) is 0 Å². The van der Waals surface area contributed by atoms with Crippen LogP contribution in [0.25, 0.3) is 0 Å². The van der Waals surface area contributed by atoms with Crippen LogP contribution in [0, 0.1) is 0 Å². The van der Waals surface area contributed by atoms with Crippen LogP contribution < -0.4 is 0 Å². The molecule has 0 N–H and O–H groups in total. The lowest BCUT2D eigenvalue weighted by atomic mass is 9.94. The van der Waals surface area contributed by atoms with Crippen LogP contribution in [-0.4, -0.2) is 17.6 Å². The van der Waals surface area contributed by atoms with Gasteiger partial charge in [0.1, 0.15) is 5.60 Å². The van der Waals surface area contributed by atoms with Gasteiger partial charge in [-0.1, -0.05) is 54.0 Å². The zero-order valence-electron chi connectivity index (χ0n) is 12.1. The van der Waals surface area contributed by atoms with Crippen molar-refractivity contribution in [2.24, 2.45) is 0 Å². The average Bonchev–Trinajstić information content (AvgIpc) is 2.37. The normalized spacial score (nSPS) is 17.1. The van der Waals surface area contributed by atoms with Crippen LogP contribution in [0.5, 0.6) is 0 Å². The first-order valence-electron chi connectivity index (χ1n) is 6.51. The third-order valence-electron chi connectivity index (χ3n) is 3.34. The number of rotatable bonds is 5.